The van der Waals surface area contributed by atoms with Gasteiger partial charge in [-0.2, -0.15) is 5.26 Å². The summed E-state index contributed by atoms with van der Waals surface area (Å²) in [7, 11) is 0. The molecule has 1 aromatic heterocycles. The van der Waals surface area contributed by atoms with Gasteiger partial charge in [0.1, 0.15) is 6.07 Å². The second-order valence-electron chi connectivity index (χ2n) is 3.81. The fraction of sp³-hybridized carbons (Fsp3) is 0.167. The zero-order chi connectivity index (χ0) is 14.5. The van der Waals surface area contributed by atoms with Crippen LogP contribution in [0.5, 0.6) is 0 Å². The zero-order valence-electron chi connectivity index (χ0n) is 10.5. The quantitative estimate of drug-likeness (QED) is 0.838. The lowest BCUT2D eigenvalue weighted by Crippen LogP contribution is -2.22. The van der Waals surface area contributed by atoms with Crippen molar-refractivity contribution >= 4 is 39.8 Å². The van der Waals surface area contributed by atoms with E-state index in [1.54, 1.807) is 31.2 Å². The first-order valence-corrected chi connectivity index (χ1v) is 7.35. The van der Waals surface area contributed by atoms with Crippen LogP contribution in [0.3, 0.4) is 0 Å². The molecule has 1 atom stereocenters. The number of carbonyl (C=O) groups excluding carboxylic acids is 1. The molecular formula is C12H11N5OS2. The van der Waals surface area contributed by atoms with Crippen molar-refractivity contribution < 1.29 is 4.79 Å². The van der Waals surface area contributed by atoms with Crippen molar-refractivity contribution in [1.82, 2.24) is 10.2 Å². The number of para-hydroxylation sites is 1. The van der Waals surface area contributed by atoms with Gasteiger partial charge in [-0.05, 0) is 19.1 Å². The zero-order valence-corrected chi connectivity index (χ0v) is 12.2. The number of thioether (sulfide) groups is 1. The first kappa shape index (κ1) is 14.3. The number of nitrogens with two attached hydrogens (primary N) is 1. The monoisotopic (exact) mass is 305 g/mol. The highest BCUT2D eigenvalue weighted by Gasteiger charge is 2.17. The molecule has 1 aromatic carbocycles. The van der Waals surface area contributed by atoms with Crippen LogP contribution in [0.25, 0.3) is 0 Å². The highest BCUT2D eigenvalue weighted by molar-refractivity contribution is 8.02. The van der Waals surface area contributed by atoms with Crippen molar-refractivity contribution in [3.05, 3.63) is 29.8 Å². The van der Waals surface area contributed by atoms with Gasteiger partial charge in [0.25, 0.3) is 0 Å². The summed E-state index contributed by atoms with van der Waals surface area (Å²) in [4.78, 5) is 12.1. The minimum Gasteiger partial charge on any atom is -0.374 e. The van der Waals surface area contributed by atoms with Crippen LogP contribution in [0.15, 0.2) is 28.6 Å². The SMILES string of the molecule is C[C@@H](Sc1nnc(N)s1)C(=O)Nc1ccccc1C#N. The Morgan fingerprint density at radius 3 is 2.90 bits per heavy atom. The molecule has 1 amide bonds. The molecule has 1 heterocycles. The van der Waals surface area contributed by atoms with Gasteiger partial charge in [-0.3, -0.25) is 4.79 Å². The molecule has 0 spiro atoms. The number of nitrogens with one attached hydrogen (secondary N) is 1. The van der Waals surface area contributed by atoms with Crippen LogP contribution < -0.4 is 11.1 Å². The molecule has 6 nitrogen and oxygen atoms in total. The molecule has 102 valence electrons. The summed E-state index contributed by atoms with van der Waals surface area (Å²) in [5, 5.41) is 19.2. The predicted octanol–water partition coefficient (Wildman–Crippen LogP) is 2.11. The van der Waals surface area contributed by atoms with Gasteiger partial charge in [-0.25, -0.2) is 0 Å². The number of nitrogen functional groups attached to an aromatic ring is 1. The standard InChI is InChI=1S/C12H11N5OS2/c1-7(19-12-17-16-11(14)20-12)10(18)15-9-5-3-2-4-8(9)6-13/h2-5,7H,1H3,(H2,14,16)(H,15,18)/t7-/m1/s1. The lowest BCUT2D eigenvalue weighted by Gasteiger charge is -2.11. The Kier molecular flexibility index (Phi) is 4.55. The van der Waals surface area contributed by atoms with Gasteiger partial charge in [-0.15, -0.1) is 10.2 Å². The van der Waals surface area contributed by atoms with E-state index in [0.717, 1.165) is 0 Å². The van der Waals surface area contributed by atoms with E-state index in [1.165, 1.54) is 23.1 Å². The molecule has 0 aliphatic carbocycles. The molecule has 20 heavy (non-hydrogen) atoms. The normalized spacial score (nSPS) is 11.6. The summed E-state index contributed by atoms with van der Waals surface area (Å²) < 4.78 is 0.638. The highest BCUT2D eigenvalue weighted by Crippen LogP contribution is 2.28. The maximum Gasteiger partial charge on any atom is 0.237 e. The maximum absolute atomic E-state index is 12.1. The third-order valence-electron chi connectivity index (χ3n) is 2.37. The van der Waals surface area contributed by atoms with E-state index in [0.29, 0.717) is 20.7 Å². The number of hydrogen-bond donors (Lipinski definition) is 2. The molecular weight excluding hydrogens is 294 g/mol. The largest absolute Gasteiger partial charge is 0.374 e. The van der Waals surface area contributed by atoms with E-state index >= 15 is 0 Å². The lowest BCUT2D eigenvalue weighted by atomic mass is 10.2. The van der Waals surface area contributed by atoms with Crippen LogP contribution in [0.2, 0.25) is 0 Å². The van der Waals surface area contributed by atoms with Crippen molar-refractivity contribution in [3.8, 4) is 6.07 Å². The number of hydrogen-bond acceptors (Lipinski definition) is 7. The summed E-state index contributed by atoms with van der Waals surface area (Å²) in [5.74, 6) is -0.202. The average molecular weight is 305 g/mol. The number of nitrogens with zero attached hydrogens (tertiary/aromatic N) is 3. The molecule has 2 aromatic rings. The average Bonchev–Trinajstić information content (AvgIpc) is 2.84. The third-order valence-corrected chi connectivity index (χ3v) is 4.31. The van der Waals surface area contributed by atoms with E-state index < -0.39 is 0 Å². The summed E-state index contributed by atoms with van der Waals surface area (Å²) >= 11 is 2.51. The topological polar surface area (TPSA) is 105 Å². The molecule has 2 rings (SSSR count). The first-order chi connectivity index (χ1) is 9.60. The van der Waals surface area contributed by atoms with Crippen molar-refractivity contribution in [2.24, 2.45) is 0 Å². The van der Waals surface area contributed by atoms with Gasteiger partial charge in [0.15, 0.2) is 4.34 Å². The number of nitriles is 1. The number of anilines is 2. The second kappa shape index (κ2) is 6.36. The Morgan fingerprint density at radius 2 is 2.25 bits per heavy atom. The Labute approximate surface area is 124 Å². The minimum absolute atomic E-state index is 0.202. The molecule has 0 aliphatic rings. The summed E-state index contributed by atoms with van der Waals surface area (Å²) in [6.45, 7) is 1.76. The van der Waals surface area contributed by atoms with Crippen LogP contribution in [0.1, 0.15) is 12.5 Å². The van der Waals surface area contributed by atoms with E-state index in [1.807, 2.05) is 6.07 Å². The predicted molar refractivity (Wildman–Crippen MR) is 79.4 cm³/mol. The van der Waals surface area contributed by atoms with Gasteiger partial charge in [0.2, 0.25) is 11.0 Å². The number of aromatic nitrogens is 2. The molecule has 0 aliphatic heterocycles. The molecule has 0 saturated heterocycles. The Morgan fingerprint density at radius 1 is 1.50 bits per heavy atom. The molecule has 0 unspecified atom stereocenters. The van der Waals surface area contributed by atoms with Gasteiger partial charge in [0, 0.05) is 0 Å². The molecule has 8 heteroatoms. The first-order valence-electron chi connectivity index (χ1n) is 5.66. The summed E-state index contributed by atoms with van der Waals surface area (Å²) in [6, 6.07) is 8.89. The second-order valence-corrected chi connectivity index (χ2v) is 6.41. The van der Waals surface area contributed by atoms with Crippen LogP contribution in [-0.2, 0) is 4.79 Å². The molecule has 0 fully saturated rings. The highest BCUT2D eigenvalue weighted by atomic mass is 32.2. The van der Waals surface area contributed by atoms with E-state index in [-0.39, 0.29) is 11.2 Å². The Balaban J connectivity index is 2.02. The van der Waals surface area contributed by atoms with Gasteiger partial charge >= 0.3 is 0 Å². The van der Waals surface area contributed by atoms with E-state index in [4.69, 9.17) is 11.0 Å². The number of carbonyl (C=O) groups is 1. The molecule has 0 bridgehead atoms. The van der Waals surface area contributed by atoms with Gasteiger partial charge in [0.05, 0.1) is 16.5 Å². The third kappa shape index (κ3) is 3.46. The smallest absolute Gasteiger partial charge is 0.237 e. The number of rotatable bonds is 4. The lowest BCUT2D eigenvalue weighted by molar-refractivity contribution is -0.115. The van der Waals surface area contributed by atoms with Crippen molar-refractivity contribution in [3.63, 3.8) is 0 Å². The van der Waals surface area contributed by atoms with Crippen molar-refractivity contribution in [1.29, 1.82) is 5.26 Å². The van der Waals surface area contributed by atoms with E-state index in [2.05, 4.69) is 15.5 Å². The van der Waals surface area contributed by atoms with Crippen molar-refractivity contribution in [2.45, 2.75) is 16.5 Å². The fourth-order valence-electron chi connectivity index (χ4n) is 1.40. The van der Waals surface area contributed by atoms with Crippen LogP contribution in [-0.4, -0.2) is 21.4 Å². The van der Waals surface area contributed by atoms with Gasteiger partial charge in [-0.1, -0.05) is 35.2 Å². The molecule has 0 saturated carbocycles. The summed E-state index contributed by atoms with van der Waals surface area (Å²) in [6.07, 6.45) is 0. The fourth-order valence-corrected chi connectivity index (χ4v) is 3.18. The number of amides is 1. The van der Waals surface area contributed by atoms with E-state index in [9.17, 15) is 4.79 Å². The number of benzene rings is 1. The maximum atomic E-state index is 12.1. The Bertz CT molecular complexity index is 664. The van der Waals surface area contributed by atoms with Crippen LogP contribution >= 0.6 is 23.1 Å². The molecule has 0 radical (unpaired) electrons. The van der Waals surface area contributed by atoms with Crippen LogP contribution in [0.4, 0.5) is 10.8 Å². The molecule has 3 N–H and O–H groups in total. The summed E-state index contributed by atoms with van der Waals surface area (Å²) in [5.41, 5.74) is 6.42. The van der Waals surface area contributed by atoms with Crippen molar-refractivity contribution in [2.75, 3.05) is 11.1 Å². The van der Waals surface area contributed by atoms with Crippen LogP contribution in [0, 0.1) is 11.3 Å². The van der Waals surface area contributed by atoms with Gasteiger partial charge < -0.3 is 11.1 Å². The minimum atomic E-state index is -0.367. The Hall–Kier alpha value is -2.11.